The van der Waals surface area contributed by atoms with E-state index in [-0.39, 0.29) is 5.91 Å². The number of thiophene rings is 1. The topological polar surface area (TPSA) is 44.9 Å². The van der Waals surface area contributed by atoms with Gasteiger partial charge in [0.15, 0.2) is 0 Å². The average Bonchev–Trinajstić information content (AvgIpc) is 3.08. The van der Waals surface area contributed by atoms with Crippen LogP contribution in [-0.2, 0) is 12.8 Å². The Morgan fingerprint density at radius 2 is 1.90 bits per heavy atom. The number of aryl methyl sites for hydroxylation is 2. The largest absolute Gasteiger partial charge is 0.350 e. The highest BCUT2D eigenvalue weighted by Crippen LogP contribution is 2.25. The Bertz CT molecular complexity index is 734. The molecule has 0 spiro atoms. The van der Waals surface area contributed by atoms with Crippen molar-refractivity contribution in [1.29, 1.82) is 0 Å². The number of anilines is 1. The summed E-state index contributed by atoms with van der Waals surface area (Å²) in [5.41, 5.74) is 4.95. The Labute approximate surface area is 128 Å². The summed E-state index contributed by atoms with van der Waals surface area (Å²) in [7, 11) is 0. The summed E-state index contributed by atoms with van der Waals surface area (Å²) < 4.78 is 1.11. The predicted molar refractivity (Wildman–Crippen MR) is 89.3 cm³/mol. The van der Waals surface area contributed by atoms with Gasteiger partial charge in [-0.2, -0.15) is 0 Å². The third-order valence-corrected chi connectivity index (χ3v) is 4.59. The molecule has 2 aromatic heterocycles. The first-order chi connectivity index (χ1) is 10.2. The molecule has 0 unspecified atom stereocenters. The highest BCUT2D eigenvalue weighted by Gasteiger charge is 2.14. The van der Waals surface area contributed by atoms with Gasteiger partial charge in [-0.05, 0) is 41.5 Å². The van der Waals surface area contributed by atoms with Crippen molar-refractivity contribution in [3.8, 4) is 0 Å². The molecule has 2 heterocycles. The van der Waals surface area contributed by atoms with E-state index in [4.69, 9.17) is 0 Å². The molecule has 108 valence electrons. The van der Waals surface area contributed by atoms with E-state index in [1.165, 1.54) is 11.1 Å². The van der Waals surface area contributed by atoms with Crippen molar-refractivity contribution in [3.05, 3.63) is 52.5 Å². The summed E-state index contributed by atoms with van der Waals surface area (Å²) in [6, 6.07) is 10.1. The molecule has 3 nitrogen and oxygen atoms in total. The predicted octanol–water partition coefficient (Wildman–Crippen LogP) is 4.61. The van der Waals surface area contributed by atoms with E-state index in [0.717, 1.165) is 28.7 Å². The van der Waals surface area contributed by atoms with E-state index in [0.29, 0.717) is 5.69 Å². The number of benzene rings is 1. The van der Waals surface area contributed by atoms with Crippen molar-refractivity contribution in [2.45, 2.75) is 26.7 Å². The van der Waals surface area contributed by atoms with Crippen molar-refractivity contribution in [2.75, 3.05) is 5.32 Å². The van der Waals surface area contributed by atoms with Gasteiger partial charge in [-0.25, -0.2) is 0 Å². The van der Waals surface area contributed by atoms with Gasteiger partial charge in [0.05, 0.1) is 10.2 Å². The first-order valence-electron chi connectivity index (χ1n) is 7.21. The number of para-hydroxylation sites is 1. The second kappa shape index (κ2) is 5.74. The molecule has 4 heteroatoms. The molecule has 0 saturated heterocycles. The summed E-state index contributed by atoms with van der Waals surface area (Å²) in [6.07, 6.45) is 1.81. The molecule has 2 N–H and O–H groups in total. The molecular weight excluding hydrogens is 280 g/mol. The van der Waals surface area contributed by atoms with Crippen LogP contribution in [-0.4, -0.2) is 10.9 Å². The lowest BCUT2D eigenvalue weighted by Gasteiger charge is -2.13. The number of carbonyl (C=O) groups is 1. The molecule has 0 saturated carbocycles. The van der Waals surface area contributed by atoms with Crippen LogP contribution in [0.3, 0.4) is 0 Å². The van der Waals surface area contributed by atoms with Crippen molar-refractivity contribution < 1.29 is 4.79 Å². The zero-order valence-corrected chi connectivity index (χ0v) is 13.0. The maximum Gasteiger partial charge on any atom is 0.272 e. The summed E-state index contributed by atoms with van der Waals surface area (Å²) in [5, 5.41) is 5.10. The second-order valence-electron chi connectivity index (χ2n) is 4.99. The van der Waals surface area contributed by atoms with Gasteiger partial charge >= 0.3 is 0 Å². The van der Waals surface area contributed by atoms with Crippen molar-refractivity contribution in [2.24, 2.45) is 0 Å². The van der Waals surface area contributed by atoms with Gasteiger partial charge in [-0.1, -0.05) is 32.0 Å². The van der Waals surface area contributed by atoms with Crippen LogP contribution < -0.4 is 5.32 Å². The molecule has 0 aliphatic carbocycles. The van der Waals surface area contributed by atoms with Crippen LogP contribution in [0.4, 0.5) is 5.69 Å². The standard InChI is InChI=1S/C17H18N2OS/c1-3-11-6-5-7-12(4-2)16(11)19-17(20)14-10-15-13(18-14)8-9-21-15/h5-10,18H,3-4H2,1-2H3,(H,19,20). The molecule has 21 heavy (non-hydrogen) atoms. The van der Waals surface area contributed by atoms with Crippen LogP contribution in [0.25, 0.3) is 10.2 Å². The zero-order valence-electron chi connectivity index (χ0n) is 12.2. The van der Waals surface area contributed by atoms with Crippen LogP contribution in [0.1, 0.15) is 35.5 Å². The number of nitrogens with one attached hydrogen (secondary N) is 2. The first kappa shape index (κ1) is 13.9. The van der Waals surface area contributed by atoms with E-state index in [1.54, 1.807) is 11.3 Å². The quantitative estimate of drug-likeness (QED) is 0.726. The fourth-order valence-corrected chi connectivity index (χ4v) is 3.34. The molecule has 0 bridgehead atoms. The number of hydrogen-bond donors (Lipinski definition) is 2. The Morgan fingerprint density at radius 3 is 2.52 bits per heavy atom. The van der Waals surface area contributed by atoms with E-state index in [1.807, 2.05) is 17.5 Å². The smallest absolute Gasteiger partial charge is 0.272 e. The third kappa shape index (κ3) is 2.59. The third-order valence-electron chi connectivity index (χ3n) is 3.72. The van der Waals surface area contributed by atoms with Gasteiger partial charge in [-0.3, -0.25) is 4.79 Å². The Kier molecular flexibility index (Phi) is 3.80. The summed E-state index contributed by atoms with van der Waals surface area (Å²) in [5.74, 6) is -0.0750. The van der Waals surface area contributed by atoms with Crippen molar-refractivity contribution >= 4 is 33.1 Å². The van der Waals surface area contributed by atoms with Crippen molar-refractivity contribution in [1.82, 2.24) is 4.98 Å². The number of amides is 1. The maximum absolute atomic E-state index is 12.5. The van der Waals surface area contributed by atoms with E-state index in [2.05, 4.69) is 42.3 Å². The summed E-state index contributed by atoms with van der Waals surface area (Å²) in [6.45, 7) is 4.21. The number of hydrogen-bond acceptors (Lipinski definition) is 2. The minimum Gasteiger partial charge on any atom is -0.350 e. The molecule has 0 aliphatic rings. The number of H-pyrrole nitrogens is 1. The molecule has 0 radical (unpaired) electrons. The molecule has 0 fully saturated rings. The Balaban J connectivity index is 1.92. The van der Waals surface area contributed by atoms with Gasteiger partial charge < -0.3 is 10.3 Å². The van der Waals surface area contributed by atoms with Gasteiger partial charge in [-0.15, -0.1) is 11.3 Å². The number of aromatic amines is 1. The number of rotatable bonds is 4. The van der Waals surface area contributed by atoms with Gasteiger partial charge in [0.2, 0.25) is 0 Å². The van der Waals surface area contributed by atoms with Crippen LogP contribution in [0.15, 0.2) is 35.7 Å². The summed E-state index contributed by atoms with van der Waals surface area (Å²) >= 11 is 1.64. The Hall–Kier alpha value is -2.07. The van der Waals surface area contributed by atoms with E-state index in [9.17, 15) is 4.79 Å². The normalized spacial score (nSPS) is 11.0. The SMILES string of the molecule is CCc1cccc(CC)c1NC(=O)c1cc2sccc2[nH]1. The lowest BCUT2D eigenvalue weighted by molar-refractivity contribution is 0.102. The van der Waals surface area contributed by atoms with E-state index < -0.39 is 0 Å². The maximum atomic E-state index is 12.5. The zero-order chi connectivity index (χ0) is 14.8. The molecule has 1 aromatic carbocycles. The highest BCUT2D eigenvalue weighted by molar-refractivity contribution is 7.17. The van der Waals surface area contributed by atoms with Crippen molar-refractivity contribution in [3.63, 3.8) is 0 Å². The number of carbonyl (C=O) groups excluding carboxylic acids is 1. The Morgan fingerprint density at radius 1 is 1.19 bits per heavy atom. The van der Waals surface area contributed by atoms with Crippen LogP contribution >= 0.6 is 11.3 Å². The van der Waals surface area contributed by atoms with E-state index >= 15 is 0 Å². The highest BCUT2D eigenvalue weighted by atomic mass is 32.1. The molecule has 3 rings (SSSR count). The minimum atomic E-state index is -0.0750. The second-order valence-corrected chi connectivity index (χ2v) is 5.94. The van der Waals surface area contributed by atoms with Gasteiger partial charge in [0.1, 0.15) is 5.69 Å². The van der Waals surface area contributed by atoms with Crippen LogP contribution in [0.2, 0.25) is 0 Å². The minimum absolute atomic E-state index is 0.0750. The molecular formula is C17H18N2OS. The number of aromatic nitrogens is 1. The number of fused-ring (bicyclic) bond motifs is 1. The fraction of sp³-hybridized carbons (Fsp3) is 0.235. The van der Waals surface area contributed by atoms with Gasteiger partial charge in [0, 0.05) is 5.69 Å². The lowest BCUT2D eigenvalue weighted by Crippen LogP contribution is -2.15. The monoisotopic (exact) mass is 298 g/mol. The molecule has 0 atom stereocenters. The average molecular weight is 298 g/mol. The van der Waals surface area contributed by atoms with Crippen LogP contribution in [0.5, 0.6) is 0 Å². The lowest BCUT2D eigenvalue weighted by atomic mass is 10.0. The van der Waals surface area contributed by atoms with Gasteiger partial charge in [0.25, 0.3) is 5.91 Å². The molecule has 0 aliphatic heterocycles. The first-order valence-corrected chi connectivity index (χ1v) is 8.09. The fourth-order valence-electron chi connectivity index (χ4n) is 2.55. The molecule has 3 aromatic rings. The summed E-state index contributed by atoms with van der Waals surface area (Å²) in [4.78, 5) is 15.6. The van der Waals surface area contributed by atoms with Crippen LogP contribution in [0, 0.1) is 0 Å². The molecule has 1 amide bonds.